The van der Waals surface area contributed by atoms with E-state index in [0.29, 0.717) is 25.0 Å². The highest BCUT2D eigenvalue weighted by Gasteiger charge is 2.28. The molecule has 1 heterocycles. The Kier molecular flexibility index (Phi) is 8.57. The number of likely N-dealkylation sites (tertiary alicyclic amines) is 1. The molecule has 5 nitrogen and oxygen atoms in total. The molecular weight excluding hydrogens is 396 g/mol. The van der Waals surface area contributed by atoms with Gasteiger partial charge in [-0.05, 0) is 73.4 Å². The van der Waals surface area contributed by atoms with Gasteiger partial charge >= 0.3 is 0 Å². The van der Waals surface area contributed by atoms with Crippen LogP contribution in [0.25, 0.3) is 0 Å². The fraction of sp³-hybridized carbons (Fsp3) is 0.519. The third-order valence-electron chi connectivity index (χ3n) is 6.30. The van der Waals surface area contributed by atoms with E-state index in [1.807, 2.05) is 12.1 Å². The summed E-state index contributed by atoms with van der Waals surface area (Å²) in [5.41, 5.74) is 8.40. The summed E-state index contributed by atoms with van der Waals surface area (Å²) in [4.78, 5) is 4.35. The summed E-state index contributed by atoms with van der Waals surface area (Å²) in [5, 5.41) is 9.06. The quantitative estimate of drug-likeness (QED) is 0.421. The van der Waals surface area contributed by atoms with Crippen LogP contribution in [-0.4, -0.2) is 43.6 Å². The van der Waals surface area contributed by atoms with Crippen LogP contribution in [0.3, 0.4) is 0 Å². The van der Waals surface area contributed by atoms with Crippen LogP contribution in [0.2, 0.25) is 0 Å². The molecule has 32 heavy (non-hydrogen) atoms. The third-order valence-corrected chi connectivity index (χ3v) is 6.30. The Morgan fingerprint density at radius 1 is 1.09 bits per heavy atom. The Hall–Kier alpha value is -2.53. The van der Waals surface area contributed by atoms with Crippen LogP contribution in [-0.2, 0) is 6.42 Å². The zero-order valence-electron chi connectivity index (χ0n) is 20.0. The number of piperidine rings is 1. The highest BCUT2D eigenvalue weighted by Crippen LogP contribution is 2.27. The number of nitrogens with two attached hydrogens (primary N) is 1. The molecule has 1 aliphatic rings. The van der Waals surface area contributed by atoms with Gasteiger partial charge in [-0.1, -0.05) is 51.1 Å². The van der Waals surface area contributed by atoms with Crippen LogP contribution in [0.5, 0.6) is 5.75 Å². The number of hydrogen-bond acceptors (Lipinski definition) is 3. The van der Waals surface area contributed by atoms with Crippen molar-refractivity contribution in [2.24, 2.45) is 17.1 Å². The molecule has 1 saturated heterocycles. The van der Waals surface area contributed by atoms with Gasteiger partial charge in [-0.3, -0.25) is 5.41 Å². The molecule has 0 bridgehead atoms. The lowest BCUT2D eigenvalue weighted by Crippen LogP contribution is -2.51. The summed E-state index contributed by atoms with van der Waals surface area (Å²) in [6.07, 6.45) is 4.36. The highest BCUT2D eigenvalue weighted by molar-refractivity contribution is 5.94. The minimum absolute atomic E-state index is 0.0880. The van der Waals surface area contributed by atoms with Crippen LogP contribution < -0.4 is 15.4 Å². The average Bonchev–Trinajstić information content (AvgIpc) is 2.82. The van der Waals surface area contributed by atoms with Crippen molar-refractivity contribution in [3.8, 4) is 5.75 Å². The smallest absolute Gasteiger partial charge is 0.198 e. The predicted octanol–water partition coefficient (Wildman–Crippen LogP) is 5.16. The molecule has 1 aliphatic heterocycles. The van der Waals surface area contributed by atoms with Crippen LogP contribution in [0.1, 0.15) is 45.6 Å². The second-order valence-corrected chi connectivity index (χ2v) is 9.74. The van der Waals surface area contributed by atoms with E-state index in [0.717, 1.165) is 56.8 Å². The topological polar surface area (TPSA) is 65.6 Å². The summed E-state index contributed by atoms with van der Waals surface area (Å²) in [7, 11) is 0. The lowest BCUT2D eigenvalue weighted by molar-refractivity contribution is 0.258. The summed E-state index contributed by atoms with van der Waals surface area (Å²) in [6.45, 7) is 10.3. The number of hydrogen-bond donors (Lipinski definition) is 2. The zero-order chi connectivity index (χ0) is 23.0. The minimum Gasteiger partial charge on any atom is -0.494 e. The second kappa shape index (κ2) is 11.4. The monoisotopic (exact) mass is 436 g/mol. The van der Waals surface area contributed by atoms with Crippen LogP contribution in [0.4, 0.5) is 5.69 Å². The summed E-state index contributed by atoms with van der Waals surface area (Å²) < 4.78 is 5.75. The SMILES string of the molecule is CCCOc1ccc(N(CC(C)(C)CN)C(=N)N2CCC(Cc3ccccc3)CC2)cc1. The van der Waals surface area contributed by atoms with E-state index in [9.17, 15) is 0 Å². The summed E-state index contributed by atoms with van der Waals surface area (Å²) in [5.74, 6) is 2.14. The normalized spacial score (nSPS) is 14.9. The van der Waals surface area contributed by atoms with Crippen molar-refractivity contribution in [3.05, 3.63) is 60.2 Å². The van der Waals surface area contributed by atoms with Gasteiger partial charge in [0.15, 0.2) is 5.96 Å². The fourth-order valence-corrected chi connectivity index (χ4v) is 4.19. The van der Waals surface area contributed by atoms with E-state index in [1.54, 1.807) is 0 Å². The fourth-order valence-electron chi connectivity index (χ4n) is 4.19. The molecule has 3 N–H and O–H groups in total. The van der Waals surface area contributed by atoms with Gasteiger partial charge in [-0.15, -0.1) is 0 Å². The molecule has 3 rings (SSSR count). The van der Waals surface area contributed by atoms with Crippen molar-refractivity contribution in [1.29, 1.82) is 5.41 Å². The van der Waals surface area contributed by atoms with Crippen molar-refractivity contribution in [1.82, 2.24) is 4.90 Å². The first kappa shape index (κ1) is 24.1. The number of benzene rings is 2. The Balaban J connectivity index is 1.67. The molecule has 0 amide bonds. The largest absolute Gasteiger partial charge is 0.494 e. The maximum Gasteiger partial charge on any atom is 0.198 e. The summed E-state index contributed by atoms with van der Waals surface area (Å²) in [6, 6.07) is 18.9. The van der Waals surface area contributed by atoms with Gasteiger partial charge in [0.1, 0.15) is 5.75 Å². The molecule has 0 saturated carbocycles. The molecule has 2 aromatic rings. The Labute approximate surface area is 194 Å². The van der Waals surface area contributed by atoms with Gasteiger partial charge in [0.05, 0.1) is 6.61 Å². The number of nitrogens with one attached hydrogen (secondary N) is 1. The van der Waals surface area contributed by atoms with Gasteiger partial charge in [-0.25, -0.2) is 0 Å². The first-order valence-electron chi connectivity index (χ1n) is 12.0. The third kappa shape index (κ3) is 6.73. The first-order valence-corrected chi connectivity index (χ1v) is 12.0. The van der Waals surface area contributed by atoms with Gasteiger partial charge in [0.2, 0.25) is 0 Å². The van der Waals surface area contributed by atoms with Crippen LogP contribution in [0.15, 0.2) is 54.6 Å². The van der Waals surface area contributed by atoms with Gasteiger partial charge in [0, 0.05) is 25.3 Å². The van der Waals surface area contributed by atoms with E-state index in [1.165, 1.54) is 5.56 Å². The zero-order valence-corrected chi connectivity index (χ0v) is 20.0. The number of ether oxygens (including phenoxy) is 1. The van der Waals surface area contributed by atoms with Crippen molar-refractivity contribution in [2.75, 3.05) is 37.7 Å². The number of guanidine groups is 1. The predicted molar refractivity (Wildman–Crippen MR) is 135 cm³/mol. The molecule has 2 aromatic carbocycles. The lowest BCUT2D eigenvalue weighted by atomic mass is 9.90. The van der Waals surface area contributed by atoms with Crippen molar-refractivity contribution < 1.29 is 4.74 Å². The standard InChI is InChI=1S/C27H40N4O/c1-4-18-32-25-12-10-24(11-13-25)31(21-27(2,3)20-28)26(29)30-16-14-23(15-17-30)19-22-8-6-5-7-9-22/h5-13,23,29H,4,14-21,28H2,1-3H3. The van der Waals surface area contributed by atoms with Gasteiger partial charge in [0.25, 0.3) is 0 Å². The van der Waals surface area contributed by atoms with Crippen molar-refractivity contribution >= 4 is 11.6 Å². The maximum atomic E-state index is 9.06. The van der Waals surface area contributed by atoms with Crippen LogP contribution >= 0.6 is 0 Å². The molecule has 0 unspecified atom stereocenters. The van der Waals surface area contributed by atoms with E-state index >= 15 is 0 Å². The number of rotatable bonds is 9. The van der Waals surface area contributed by atoms with E-state index in [4.69, 9.17) is 15.9 Å². The molecular formula is C27H40N4O. The molecule has 1 fully saturated rings. The molecule has 0 aliphatic carbocycles. The van der Waals surface area contributed by atoms with Crippen molar-refractivity contribution in [3.63, 3.8) is 0 Å². The minimum atomic E-state index is -0.0880. The molecule has 0 aromatic heterocycles. The molecule has 5 heteroatoms. The molecule has 0 atom stereocenters. The van der Waals surface area contributed by atoms with Gasteiger partial charge in [-0.2, -0.15) is 0 Å². The number of anilines is 1. The Morgan fingerprint density at radius 2 is 1.75 bits per heavy atom. The van der Waals surface area contributed by atoms with Crippen molar-refractivity contribution in [2.45, 2.75) is 46.5 Å². The maximum absolute atomic E-state index is 9.06. The lowest BCUT2D eigenvalue weighted by Gasteiger charge is -2.40. The number of nitrogens with zero attached hydrogens (tertiary/aromatic N) is 2. The van der Waals surface area contributed by atoms with E-state index in [2.05, 4.69) is 73.0 Å². The van der Waals surface area contributed by atoms with E-state index < -0.39 is 0 Å². The second-order valence-electron chi connectivity index (χ2n) is 9.74. The Bertz CT molecular complexity index is 826. The molecule has 0 radical (unpaired) electrons. The highest BCUT2D eigenvalue weighted by atomic mass is 16.5. The molecule has 0 spiro atoms. The Morgan fingerprint density at radius 3 is 2.34 bits per heavy atom. The van der Waals surface area contributed by atoms with E-state index in [-0.39, 0.29) is 5.41 Å². The summed E-state index contributed by atoms with van der Waals surface area (Å²) >= 11 is 0. The van der Waals surface area contributed by atoms with Crippen LogP contribution in [0, 0.1) is 16.7 Å². The first-order chi connectivity index (χ1) is 15.4. The average molecular weight is 437 g/mol. The molecule has 174 valence electrons. The van der Waals surface area contributed by atoms with Gasteiger partial charge < -0.3 is 20.3 Å².